The first-order valence-corrected chi connectivity index (χ1v) is 18.9. The van der Waals surface area contributed by atoms with Crippen molar-refractivity contribution in [2.75, 3.05) is 13.1 Å². The molecule has 0 amide bonds. The highest BCUT2D eigenvalue weighted by Crippen LogP contribution is 2.57. The summed E-state index contributed by atoms with van der Waals surface area (Å²) in [5.74, 6) is -1.54. The van der Waals surface area contributed by atoms with E-state index in [0.29, 0.717) is 19.0 Å². The predicted octanol–water partition coefficient (Wildman–Crippen LogP) is 10.5. The zero-order chi connectivity index (χ0) is 36.8. The van der Waals surface area contributed by atoms with Crippen molar-refractivity contribution in [1.82, 2.24) is 4.90 Å². The van der Waals surface area contributed by atoms with Crippen LogP contribution in [0.2, 0.25) is 0 Å². The Balaban J connectivity index is 1.25. The fourth-order valence-electron chi connectivity index (χ4n) is 8.79. The van der Waals surface area contributed by atoms with Gasteiger partial charge < -0.3 is 14.4 Å². The summed E-state index contributed by atoms with van der Waals surface area (Å²) in [4.78, 5) is 16.6. The van der Waals surface area contributed by atoms with Crippen LogP contribution in [0.25, 0.3) is 27.6 Å². The van der Waals surface area contributed by atoms with E-state index in [1.165, 1.54) is 5.56 Å². The molecule has 0 radical (unpaired) electrons. The van der Waals surface area contributed by atoms with Crippen LogP contribution in [0.4, 0.5) is 0 Å². The number of piperidine rings is 1. The average Bonchev–Trinajstić information content (AvgIpc) is 3.87. The van der Waals surface area contributed by atoms with E-state index in [2.05, 4.69) is 157 Å². The van der Waals surface area contributed by atoms with E-state index in [-0.39, 0.29) is 6.04 Å². The Morgan fingerprint density at radius 1 is 0.618 bits per heavy atom. The van der Waals surface area contributed by atoms with Crippen LogP contribution in [0.15, 0.2) is 192 Å². The van der Waals surface area contributed by atoms with Crippen molar-refractivity contribution >= 4 is 39.2 Å². The molecular weight excluding hydrogens is 679 g/mol. The van der Waals surface area contributed by atoms with Crippen LogP contribution >= 0.6 is 0 Å². The molecule has 3 aliphatic heterocycles. The van der Waals surface area contributed by atoms with Gasteiger partial charge in [-0.25, -0.2) is 0 Å². The maximum Gasteiger partial charge on any atom is 0.346 e. The molecule has 3 heterocycles. The molecule has 55 heavy (non-hydrogen) atoms. The highest BCUT2D eigenvalue weighted by atomic mass is 16.8. The second kappa shape index (κ2) is 13.4. The number of hydrogen-bond donors (Lipinski definition) is 0. The van der Waals surface area contributed by atoms with Crippen LogP contribution in [0.1, 0.15) is 46.7 Å². The molecule has 1 unspecified atom stereocenters. The second-order valence-corrected chi connectivity index (χ2v) is 14.6. The van der Waals surface area contributed by atoms with Gasteiger partial charge in [0.15, 0.2) is 0 Å². The van der Waals surface area contributed by atoms with Crippen LogP contribution in [0.3, 0.4) is 0 Å². The van der Waals surface area contributed by atoms with Crippen molar-refractivity contribution in [3.63, 3.8) is 0 Å². The van der Waals surface area contributed by atoms with E-state index in [0.717, 1.165) is 55.1 Å². The van der Waals surface area contributed by atoms with Gasteiger partial charge in [-0.2, -0.15) is 0 Å². The molecule has 3 aliphatic rings. The van der Waals surface area contributed by atoms with Gasteiger partial charge in [0.1, 0.15) is 0 Å². The molecule has 0 N–H and O–H groups in total. The van der Waals surface area contributed by atoms with Gasteiger partial charge in [0, 0.05) is 29.3 Å². The summed E-state index contributed by atoms with van der Waals surface area (Å²) in [6.45, 7) is 3.23. The molecule has 0 aromatic heterocycles. The Morgan fingerprint density at radius 3 is 1.96 bits per heavy atom. The number of ether oxygens (including phenoxy) is 1. The molecule has 0 saturated carbocycles. The van der Waals surface area contributed by atoms with E-state index in [1.54, 1.807) is 0 Å². The van der Waals surface area contributed by atoms with Crippen LogP contribution in [-0.4, -0.2) is 41.0 Å². The van der Waals surface area contributed by atoms with Gasteiger partial charge >= 0.3 is 5.79 Å². The fraction of sp³-hybridized carbons (Fsp3) is 0.143. The van der Waals surface area contributed by atoms with E-state index in [9.17, 15) is 0 Å². The monoisotopic (exact) mass is 717 g/mol. The third-order valence-corrected chi connectivity index (χ3v) is 11.5. The Kier molecular flexibility index (Phi) is 8.07. The highest BCUT2D eigenvalue weighted by Gasteiger charge is 2.74. The average molecular weight is 718 g/mol. The number of nitrogens with zero attached hydrogens (tertiary/aromatic N) is 3. The lowest BCUT2D eigenvalue weighted by molar-refractivity contribution is -0.279. The molecule has 6 heteroatoms. The van der Waals surface area contributed by atoms with Gasteiger partial charge in [-0.3, -0.25) is 4.90 Å². The molecule has 7 aromatic carbocycles. The lowest BCUT2D eigenvalue weighted by Crippen LogP contribution is -2.69. The molecule has 10 rings (SSSR count). The molecule has 7 aromatic rings. The first-order valence-electron chi connectivity index (χ1n) is 18.9. The minimum Gasteiger partial charge on any atom is -0.422 e. The molecule has 1 saturated heterocycles. The van der Waals surface area contributed by atoms with E-state index in [1.807, 2.05) is 36.4 Å². The van der Waals surface area contributed by atoms with Crippen LogP contribution < -0.4 is 0 Å². The first-order chi connectivity index (χ1) is 27.1. The molecular formula is C49H39N3O3. The summed E-state index contributed by atoms with van der Waals surface area (Å²) in [6, 6.07) is 60.9. The first kappa shape index (κ1) is 33.1. The quantitative estimate of drug-likeness (QED) is 0.172. The van der Waals surface area contributed by atoms with Crippen molar-refractivity contribution < 1.29 is 14.4 Å². The van der Waals surface area contributed by atoms with Gasteiger partial charge in [0.05, 0.1) is 18.2 Å². The normalized spacial score (nSPS) is 23.4. The van der Waals surface area contributed by atoms with Gasteiger partial charge in [-0.1, -0.05) is 169 Å². The Hall–Kier alpha value is -6.50. The third kappa shape index (κ3) is 5.44. The summed E-state index contributed by atoms with van der Waals surface area (Å²) in [5, 5.41) is 14.4. The summed E-state index contributed by atoms with van der Waals surface area (Å²) in [7, 11) is 0. The number of likely N-dealkylation sites (tertiary alicyclic amines) is 1. The minimum atomic E-state index is -1.51. The van der Waals surface area contributed by atoms with Crippen molar-refractivity contribution in [1.29, 1.82) is 0 Å². The molecule has 4 atom stereocenters. The second-order valence-electron chi connectivity index (χ2n) is 14.6. The van der Waals surface area contributed by atoms with Crippen LogP contribution in [0, 0.1) is 0 Å². The van der Waals surface area contributed by atoms with Crippen molar-refractivity contribution in [2.24, 2.45) is 10.3 Å². The zero-order valence-corrected chi connectivity index (χ0v) is 30.5. The predicted molar refractivity (Wildman–Crippen MR) is 220 cm³/mol. The van der Waals surface area contributed by atoms with Crippen LogP contribution in [0.5, 0.6) is 0 Å². The number of benzene rings is 7. The topological polar surface area (TPSA) is 55.7 Å². The smallest absolute Gasteiger partial charge is 0.346 e. The lowest BCUT2D eigenvalue weighted by Gasteiger charge is -2.52. The maximum atomic E-state index is 7.33. The summed E-state index contributed by atoms with van der Waals surface area (Å²) >= 11 is 0. The molecule has 268 valence electrons. The number of fused-ring (bicyclic) bond motifs is 3. The SMILES string of the molecule is C[C@H](c1ccccc1)N1CC(=Cc2cccc3ccccc23)[C@]2(ON=C(c3ccccc3)O2)C2(C1)ON=C(c1ccccc1)[C@H]2c1cccc2ccccc12. The highest BCUT2D eigenvalue weighted by molar-refractivity contribution is 6.09. The minimum absolute atomic E-state index is 0.0137. The number of rotatable bonds is 6. The van der Waals surface area contributed by atoms with Gasteiger partial charge in [0.25, 0.3) is 5.90 Å². The third-order valence-electron chi connectivity index (χ3n) is 11.5. The Morgan fingerprint density at radius 2 is 1.22 bits per heavy atom. The molecule has 0 aliphatic carbocycles. The van der Waals surface area contributed by atoms with E-state index < -0.39 is 17.3 Å². The van der Waals surface area contributed by atoms with E-state index in [4.69, 9.17) is 24.7 Å². The van der Waals surface area contributed by atoms with Gasteiger partial charge in [0.2, 0.25) is 5.60 Å². The summed E-state index contributed by atoms with van der Waals surface area (Å²) in [5.41, 5.74) is 5.59. The number of oxime groups is 2. The zero-order valence-electron chi connectivity index (χ0n) is 30.5. The van der Waals surface area contributed by atoms with Crippen molar-refractivity contribution in [2.45, 2.75) is 30.3 Å². The molecule has 2 spiro atoms. The molecule has 6 nitrogen and oxygen atoms in total. The largest absolute Gasteiger partial charge is 0.422 e. The van der Waals surface area contributed by atoms with Crippen molar-refractivity contribution in [3.05, 3.63) is 209 Å². The Bertz CT molecular complexity index is 2610. The van der Waals surface area contributed by atoms with Crippen LogP contribution in [-0.2, 0) is 14.4 Å². The lowest BCUT2D eigenvalue weighted by atomic mass is 9.67. The fourth-order valence-corrected chi connectivity index (χ4v) is 8.79. The molecule has 1 fully saturated rings. The summed E-state index contributed by atoms with van der Waals surface area (Å²) in [6.07, 6.45) is 2.24. The standard InChI is InChI=1S/C49H39N3O3/c1-34(35-17-5-2-6-18-35)52-32-41(31-40-27-15-25-36-19-11-13-28-42(36)40)49(53-47(51-55-49)39-23-9-4-10-24-39)48(33-52)45(46(50-54-48)38-21-7-3-8-22-38)44-30-16-26-37-20-12-14-29-43(37)44/h2-31,34,45H,32-33H2,1H3/t34-,45-,48?,49+/m1/s1. The molecule has 0 bridgehead atoms. The number of hydrogen-bond acceptors (Lipinski definition) is 6. The summed E-state index contributed by atoms with van der Waals surface area (Å²) < 4.78 is 7.33. The van der Waals surface area contributed by atoms with E-state index >= 15 is 0 Å². The van der Waals surface area contributed by atoms with Gasteiger partial charge in [-0.15, -0.1) is 0 Å². The van der Waals surface area contributed by atoms with Crippen molar-refractivity contribution in [3.8, 4) is 0 Å². The Labute approximate surface area is 320 Å². The van der Waals surface area contributed by atoms with Gasteiger partial charge in [-0.05, 0) is 68.5 Å². The maximum absolute atomic E-state index is 7.33.